The first-order valence-corrected chi connectivity index (χ1v) is 7.17. The van der Waals surface area contributed by atoms with Gasteiger partial charge in [-0.2, -0.15) is 0 Å². The number of esters is 1. The molecule has 0 saturated carbocycles. The van der Waals surface area contributed by atoms with Gasteiger partial charge in [0.1, 0.15) is 17.1 Å². The van der Waals surface area contributed by atoms with Gasteiger partial charge in [0, 0.05) is 10.9 Å². The van der Waals surface area contributed by atoms with Gasteiger partial charge in [-0.3, -0.25) is 0 Å². The highest BCUT2D eigenvalue weighted by Gasteiger charge is 2.23. The highest BCUT2D eigenvalue weighted by Crippen LogP contribution is 2.33. The Morgan fingerprint density at radius 1 is 1.25 bits per heavy atom. The van der Waals surface area contributed by atoms with Crippen molar-refractivity contribution in [2.45, 2.75) is 13.3 Å². The maximum absolute atomic E-state index is 12.3. The molecule has 0 atom stereocenters. The van der Waals surface area contributed by atoms with E-state index in [-0.39, 0.29) is 0 Å². The van der Waals surface area contributed by atoms with Gasteiger partial charge in [-0.05, 0) is 36.8 Å². The monoisotopic (exact) mass is 332 g/mol. The number of fused-ring (bicyclic) bond motifs is 1. The van der Waals surface area contributed by atoms with E-state index >= 15 is 0 Å². The molecule has 0 saturated heterocycles. The lowest BCUT2D eigenvalue weighted by atomic mass is 10.1. The second-order valence-corrected chi connectivity index (χ2v) is 5.66. The van der Waals surface area contributed by atoms with Gasteiger partial charge in [0.25, 0.3) is 0 Å². The molecule has 1 heterocycles. The Kier molecular flexibility index (Phi) is 3.49. The summed E-state index contributed by atoms with van der Waals surface area (Å²) in [5.41, 5.74) is 2.62. The molecule has 2 aromatic rings. The minimum absolute atomic E-state index is 0.395. The van der Waals surface area contributed by atoms with Crippen molar-refractivity contribution in [2.75, 3.05) is 6.61 Å². The van der Waals surface area contributed by atoms with Gasteiger partial charge in [0.15, 0.2) is 0 Å². The molecule has 2 aromatic carbocycles. The Bertz CT molecular complexity index is 662. The van der Waals surface area contributed by atoms with Crippen molar-refractivity contribution >= 4 is 21.9 Å². The lowest BCUT2D eigenvalue weighted by molar-refractivity contribution is 0.0731. The number of hydrogen-bond acceptors (Lipinski definition) is 3. The summed E-state index contributed by atoms with van der Waals surface area (Å²) in [5.74, 6) is 0.783. The third-order valence-corrected chi connectivity index (χ3v) is 3.66. The number of carbonyl (C=O) groups excluding carboxylic acids is 1. The molecule has 1 aliphatic heterocycles. The van der Waals surface area contributed by atoms with E-state index in [1.807, 2.05) is 25.1 Å². The Morgan fingerprint density at radius 3 is 2.75 bits per heavy atom. The van der Waals surface area contributed by atoms with Gasteiger partial charge in [-0.25, -0.2) is 4.79 Å². The van der Waals surface area contributed by atoms with E-state index in [0.717, 1.165) is 22.0 Å². The Hall–Kier alpha value is -1.81. The molecule has 102 valence electrons. The molecule has 0 spiro atoms. The van der Waals surface area contributed by atoms with E-state index in [4.69, 9.17) is 9.47 Å². The predicted molar refractivity (Wildman–Crippen MR) is 79.5 cm³/mol. The van der Waals surface area contributed by atoms with E-state index < -0.39 is 5.97 Å². The summed E-state index contributed by atoms with van der Waals surface area (Å²) in [5, 5.41) is 0. The second kappa shape index (κ2) is 5.29. The zero-order chi connectivity index (χ0) is 14.1. The first-order valence-electron chi connectivity index (χ1n) is 6.37. The minimum atomic E-state index is -0.395. The third kappa shape index (κ3) is 2.56. The SMILES string of the molecule is Cc1ccc(OC(=O)c2cc(Br)cc3c2OCC3)cc1. The number of ether oxygens (including phenoxy) is 2. The number of rotatable bonds is 2. The molecule has 0 unspecified atom stereocenters. The summed E-state index contributed by atoms with van der Waals surface area (Å²) >= 11 is 3.42. The molecule has 3 rings (SSSR count). The van der Waals surface area contributed by atoms with Crippen molar-refractivity contribution < 1.29 is 14.3 Å². The van der Waals surface area contributed by atoms with Crippen LogP contribution in [-0.4, -0.2) is 12.6 Å². The van der Waals surface area contributed by atoms with Crippen LogP contribution in [0.2, 0.25) is 0 Å². The molecular formula is C16H13BrO3. The molecule has 0 radical (unpaired) electrons. The number of halogens is 1. The number of hydrogen-bond donors (Lipinski definition) is 0. The summed E-state index contributed by atoms with van der Waals surface area (Å²) in [6, 6.07) is 11.1. The van der Waals surface area contributed by atoms with Gasteiger partial charge in [0.2, 0.25) is 0 Å². The van der Waals surface area contributed by atoms with E-state index in [1.165, 1.54) is 0 Å². The summed E-state index contributed by atoms with van der Waals surface area (Å²) in [6.07, 6.45) is 0.819. The largest absolute Gasteiger partial charge is 0.492 e. The van der Waals surface area contributed by atoms with Crippen LogP contribution >= 0.6 is 15.9 Å². The van der Waals surface area contributed by atoms with Crippen LogP contribution in [0.15, 0.2) is 40.9 Å². The molecule has 0 aliphatic carbocycles. The summed E-state index contributed by atoms with van der Waals surface area (Å²) in [7, 11) is 0. The van der Waals surface area contributed by atoms with Crippen LogP contribution in [0.25, 0.3) is 0 Å². The van der Waals surface area contributed by atoms with Gasteiger partial charge >= 0.3 is 5.97 Å². The summed E-state index contributed by atoms with van der Waals surface area (Å²) in [4.78, 5) is 12.3. The van der Waals surface area contributed by atoms with E-state index in [1.54, 1.807) is 18.2 Å². The molecule has 0 aromatic heterocycles. The maximum Gasteiger partial charge on any atom is 0.347 e. The molecule has 0 N–H and O–H groups in total. The molecule has 0 bridgehead atoms. The van der Waals surface area contributed by atoms with Gasteiger partial charge in [0.05, 0.1) is 6.61 Å². The average Bonchev–Trinajstić information content (AvgIpc) is 2.88. The van der Waals surface area contributed by atoms with Crippen molar-refractivity contribution in [3.8, 4) is 11.5 Å². The van der Waals surface area contributed by atoms with Crippen molar-refractivity contribution in [3.05, 3.63) is 57.6 Å². The maximum atomic E-state index is 12.3. The van der Waals surface area contributed by atoms with Crippen LogP contribution in [0.3, 0.4) is 0 Å². The van der Waals surface area contributed by atoms with Crippen LogP contribution in [0, 0.1) is 6.92 Å². The molecule has 1 aliphatic rings. The predicted octanol–water partition coefficient (Wildman–Crippen LogP) is 3.91. The molecule has 0 fully saturated rings. The van der Waals surface area contributed by atoms with Crippen LogP contribution < -0.4 is 9.47 Å². The highest BCUT2D eigenvalue weighted by molar-refractivity contribution is 9.10. The number of aryl methyl sites for hydroxylation is 1. The smallest absolute Gasteiger partial charge is 0.347 e. The normalized spacial score (nSPS) is 12.7. The molecular weight excluding hydrogens is 320 g/mol. The lowest BCUT2D eigenvalue weighted by Gasteiger charge is -2.09. The number of carbonyl (C=O) groups is 1. The average molecular weight is 333 g/mol. The quantitative estimate of drug-likeness (QED) is 0.617. The van der Waals surface area contributed by atoms with Gasteiger partial charge < -0.3 is 9.47 Å². The van der Waals surface area contributed by atoms with Crippen molar-refractivity contribution in [1.29, 1.82) is 0 Å². The van der Waals surface area contributed by atoms with Gasteiger partial charge in [-0.15, -0.1) is 0 Å². The minimum Gasteiger partial charge on any atom is -0.492 e. The van der Waals surface area contributed by atoms with Gasteiger partial charge in [-0.1, -0.05) is 33.6 Å². The first kappa shape index (κ1) is 13.2. The Morgan fingerprint density at radius 2 is 2.00 bits per heavy atom. The van der Waals surface area contributed by atoms with Crippen molar-refractivity contribution in [2.24, 2.45) is 0 Å². The van der Waals surface area contributed by atoms with Crippen LogP contribution in [-0.2, 0) is 6.42 Å². The molecule has 4 heteroatoms. The first-order chi connectivity index (χ1) is 9.63. The number of benzene rings is 2. The van der Waals surface area contributed by atoms with E-state index in [0.29, 0.717) is 23.7 Å². The van der Waals surface area contributed by atoms with Crippen LogP contribution in [0.1, 0.15) is 21.5 Å². The highest BCUT2D eigenvalue weighted by atomic mass is 79.9. The zero-order valence-electron chi connectivity index (χ0n) is 11.0. The van der Waals surface area contributed by atoms with Crippen LogP contribution in [0.4, 0.5) is 0 Å². The fourth-order valence-electron chi connectivity index (χ4n) is 2.19. The topological polar surface area (TPSA) is 35.5 Å². The summed E-state index contributed by atoms with van der Waals surface area (Å²) < 4.78 is 11.8. The molecule has 3 nitrogen and oxygen atoms in total. The molecule has 0 amide bonds. The van der Waals surface area contributed by atoms with Crippen molar-refractivity contribution in [3.63, 3.8) is 0 Å². The van der Waals surface area contributed by atoms with Crippen LogP contribution in [0.5, 0.6) is 11.5 Å². The lowest BCUT2D eigenvalue weighted by Crippen LogP contribution is -2.10. The molecule has 20 heavy (non-hydrogen) atoms. The Labute approximate surface area is 125 Å². The fraction of sp³-hybridized carbons (Fsp3) is 0.188. The second-order valence-electron chi connectivity index (χ2n) is 4.74. The summed E-state index contributed by atoms with van der Waals surface area (Å²) in [6.45, 7) is 2.59. The standard InChI is InChI=1S/C16H13BrO3/c1-10-2-4-13(5-3-10)20-16(18)14-9-12(17)8-11-6-7-19-15(11)14/h2-5,8-9H,6-7H2,1H3. The van der Waals surface area contributed by atoms with E-state index in [9.17, 15) is 4.79 Å². The third-order valence-electron chi connectivity index (χ3n) is 3.20. The fourth-order valence-corrected chi connectivity index (χ4v) is 2.69. The van der Waals surface area contributed by atoms with Crippen molar-refractivity contribution in [1.82, 2.24) is 0 Å². The zero-order valence-corrected chi connectivity index (χ0v) is 12.6. The van der Waals surface area contributed by atoms with E-state index in [2.05, 4.69) is 15.9 Å². The Balaban J connectivity index is 1.89.